The maximum absolute atomic E-state index is 12.8. The quantitative estimate of drug-likeness (QED) is 0.845. The molecule has 0 aromatic carbocycles. The molecule has 1 aliphatic heterocycles. The number of carbonyl (C=O) groups excluding carboxylic acids is 1. The molecule has 0 bridgehead atoms. The average molecular weight is 337 g/mol. The van der Waals surface area contributed by atoms with Gasteiger partial charge in [-0.3, -0.25) is 9.59 Å². The van der Waals surface area contributed by atoms with E-state index in [1.54, 1.807) is 6.20 Å². The monoisotopic (exact) mass is 336 g/mol. The Kier molecular flexibility index (Phi) is 4.23. The van der Waals surface area contributed by atoms with E-state index in [0.29, 0.717) is 49.6 Å². The van der Waals surface area contributed by atoms with Crippen molar-refractivity contribution in [2.75, 3.05) is 31.2 Å². The van der Waals surface area contributed by atoms with Crippen molar-refractivity contribution in [1.82, 2.24) is 9.55 Å². The molecule has 122 valence electrons. The minimum atomic E-state index is -0.742. The summed E-state index contributed by atoms with van der Waals surface area (Å²) in [6, 6.07) is 1.47. The summed E-state index contributed by atoms with van der Waals surface area (Å²) in [5.41, 5.74) is 5.72. The normalized spacial score (nSPS) is 15.1. The number of halogens is 1. The van der Waals surface area contributed by atoms with E-state index in [2.05, 4.69) is 4.98 Å². The van der Waals surface area contributed by atoms with Crippen LogP contribution in [0.4, 0.5) is 5.82 Å². The zero-order chi connectivity index (χ0) is 16.6. The molecule has 1 saturated heterocycles. The lowest BCUT2D eigenvalue weighted by molar-refractivity contribution is 0.0996. The van der Waals surface area contributed by atoms with E-state index in [9.17, 15) is 9.59 Å². The summed E-state index contributed by atoms with van der Waals surface area (Å²) in [4.78, 5) is 30.8. The van der Waals surface area contributed by atoms with Crippen LogP contribution in [0, 0.1) is 0 Å². The molecule has 0 aliphatic carbocycles. The van der Waals surface area contributed by atoms with Crippen molar-refractivity contribution < 1.29 is 9.53 Å². The number of nitrogens with two attached hydrogens (primary N) is 1. The molecule has 1 amide bonds. The number of aromatic nitrogens is 2. The molecule has 8 heteroatoms. The van der Waals surface area contributed by atoms with Crippen molar-refractivity contribution in [3.63, 3.8) is 0 Å². The first-order chi connectivity index (χ1) is 11.0. The van der Waals surface area contributed by atoms with E-state index >= 15 is 0 Å². The summed E-state index contributed by atoms with van der Waals surface area (Å²) in [5, 5.41) is 0.546. The summed E-state index contributed by atoms with van der Waals surface area (Å²) in [6.07, 6.45) is 1.55. The van der Waals surface area contributed by atoms with Crippen LogP contribution < -0.4 is 16.1 Å². The molecule has 3 rings (SSSR count). The number of hydrogen-bond acceptors (Lipinski definition) is 5. The molecule has 23 heavy (non-hydrogen) atoms. The third-order valence-corrected chi connectivity index (χ3v) is 4.17. The summed E-state index contributed by atoms with van der Waals surface area (Å²) < 4.78 is 7.23. The zero-order valence-electron chi connectivity index (χ0n) is 12.7. The van der Waals surface area contributed by atoms with Gasteiger partial charge in [-0.15, -0.1) is 0 Å². The van der Waals surface area contributed by atoms with Crippen molar-refractivity contribution in [1.29, 1.82) is 0 Å². The van der Waals surface area contributed by atoms with E-state index in [-0.39, 0.29) is 10.7 Å². The van der Waals surface area contributed by atoms with Crippen molar-refractivity contribution in [3.8, 4) is 0 Å². The topological polar surface area (TPSA) is 90.5 Å². The predicted molar refractivity (Wildman–Crippen MR) is 88.2 cm³/mol. The van der Waals surface area contributed by atoms with Crippen LogP contribution in [0.2, 0.25) is 5.15 Å². The van der Waals surface area contributed by atoms with Crippen LogP contribution in [-0.4, -0.2) is 41.8 Å². The van der Waals surface area contributed by atoms with E-state index < -0.39 is 11.3 Å². The SMILES string of the molecule is CCn1c(N2CCOCC2)c(C(N)=O)c(=O)c2cc(Cl)ncc21. The zero-order valence-corrected chi connectivity index (χ0v) is 13.5. The predicted octanol–water partition coefficient (Wildman–Crippen LogP) is 1.01. The number of amides is 1. The minimum absolute atomic E-state index is 0.0106. The van der Waals surface area contributed by atoms with Crippen LogP contribution in [0.3, 0.4) is 0 Å². The number of primary amides is 1. The van der Waals surface area contributed by atoms with Gasteiger partial charge in [-0.05, 0) is 13.0 Å². The second-order valence-corrected chi connectivity index (χ2v) is 5.65. The fourth-order valence-corrected chi connectivity index (χ4v) is 3.11. The molecular weight excluding hydrogens is 320 g/mol. The van der Waals surface area contributed by atoms with Crippen LogP contribution in [-0.2, 0) is 11.3 Å². The lowest BCUT2D eigenvalue weighted by Gasteiger charge is -2.32. The average Bonchev–Trinajstić information content (AvgIpc) is 2.55. The molecule has 3 heterocycles. The molecule has 2 N–H and O–H groups in total. The lowest BCUT2D eigenvalue weighted by Crippen LogP contribution is -2.41. The number of aryl methyl sites for hydroxylation is 1. The summed E-state index contributed by atoms with van der Waals surface area (Å²) in [5.74, 6) is -0.210. The molecule has 1 aliphatic rings. The lowest BCUT2D eigenvalue weighted by atomic mass is 10.1. The fraction of sp³-hybridized carbons (Fsp3) is 0.400. The fourth-order valence-electron chi connectivity index (χ4n) is 2.95. The van der Waals surface area contributed by atoms with Crippen molar-refractivity contribution in [2.24, 2.45) is 5.73 Å². The summed E-state index contributed by atoms with van der Waals surface area (Å²) in [7, 11) is 0. The highest BCUT2D eigenvalue weighted by molar-refractivity contribution is 6.30. The number of nitrogens with zero attached hydrogens (tertiary/aromatic N) is 3. The first-order valence-corrected chi connectivity index (χ1v) is 7.77. The van der Waals surface area contributed by atoms with E-state index in [0.717, 1.165) is 0 Å². The molecule has 7 nitrogen and oxygen atoms in total. The van der Waals surface area contributed by atoms with Crippen LogP contribution >= 0.6 is 11.6 Å². The van der Waals surface area contributed by atoms with Crippen molar-refractivity contribution >= 4 is 34.2 Å². The van der Waals surface area contributed by atoms with Gasteiger partial charge >= 0.3 is 0 Å². The number of ether oxygens (including phenoxy) is 1. The Bertz CT molecular complexity index is 828. The molecule has 1 fully saturated rings. The van der Waals surface area contributed by atoms with Gasteiger partial charge < -0.3 is 19.9 Å². The number of fused-ring (bicyclic) bond motifs is 1. The Morgan fingerprint density at radius 3 is 2.74 bits per heavy atom. The smallest absolute Gasteiger partial charge is 0.256 e. The standard InChI is InChI=1S/C15H17ClN4O3/c1-2-20-10-8-18-11(16)7-9(10)13(21)12(14(17)22)15(20)19-3-5-23-6-4-19/h7-8H,2-6H2,1H3,(H2,17,22). The highest BCUT2D eigenvalue weighted by Crippen LogP contribution is 2.25. The molecule has 2 aromatic heterocycles. The first-order valence-electron chi connectivity index (χ1n) is 7.39. The number of morpholine rings is 1. The highest BCUT2D eigenvalue weighted by Gasteiger charge is 2.26. The maximum atomic E-state index is 12.8. The van der Waals surface area contributed by atoms with Gasteiger partial charge in [0, 0.05) is 19.6 Å². The van der Waals surface area contributed by atoms with Crippen LogP contribution in [0.15, 0.2) is 17.1 Å². The number of hydrogen-bond donors (Lipinski definition) is 1. The molecular formula is C15H17ClN4O3. The Hall–Kier alpha value is -2.12. The Balaban J connectivity index is 2.40. The Labute approximate surface area is 137 Å². The number of carbonyl (C=O) groups is 1. The van der Waals surface area contributed by atoms with Crippen LogP contribution in [0.25, 0.3) is 10.9 Å². The second-order valence-electron chi connectivity index (χ2n) is 5.26. The van der Waals surface area contributed by atoms with Gasteiger partial charge in [0.2, 0.25) is 5.43 Å². The van der Waals surface area contributed by atoms with Crippen molar-refractivity contribution in [2.45, 2.75) is 13.5 Å². The van der Waals surface area contributed by atoms with E-state index in [1.165, 1.54) is 6.07 Å². The third-order valence-electron chi connectivity index (χ3n) is 3.96. The second kappa shape index (κ2) is 6.17. The highest BCUT2D eigenvalue weighted by atomic mass is 35.5. The largest absolute Gasteiger partial charge is 0.378 e. The maximum Gasteiger partial charge on any atom is 0.256 e. The Morgan fingerprint density at radius 1 is 1.43 bits per heavy atom. The minimum Gasteiger partial charge on any atom is -0.378 e. The molecule has 0 atom stereocenters. The molecule has 2 aromatic rings. The van der Waals surface area contributed by atoms with Gasteiger partial charge in [-0.2, -0.15) is 0 Å². The van der Waals surface area contributed by atoms with Gasteiger partial charge in [0.1, 0.15) is 16.5 Å². The van der Waals surface area contributed by atoms with Gasteiger partial charge in [-0.25, -0.2) is 4.98 Å². The molecule has 0 unspecified atom stereocenters. The first kappa shape index (κ1) is 15.8. The van der Waals surface area contributed by atoms with Crippen molar-refractivity contribution in [3.05, 3.63) is 33.2 Å². The third kappa shape index (κ3) is 2.66. The van der Waals surface area contributed by atoms with Gasteiger partial charge in [0.05, 0.1) is 30.3 Å². The van der Waals surface area contributed by atoms with E-state index in [4.69, 9.17) is 22.1 Å². The van der Waals surface area contributed by atoms with Gasteiger partial charge in [0.15, 0.2) is 0 Å². The molecule has 0 saturated carbocycles. The summed E-state index contributed by atoms with van der Waals surface area (Å²) >= 11 is 5.90. The molecule has 0 spiro atoms. The van der Waals surface area contributed by atoms with Gasteiger partial charge in [-0.1, -0.05) is 11.6 Å². The summed E-state index contributed by atoms with van der Waals surface area (Å²) in [6.45, 7) is 4.75. The number of pyridine rings is 2. The number of rotatable bonds is 3. The molecule has 0 radical (unpaired) electrons. The van der Waals surface area contributed by atoms with Gasteiger partial charge in [0.25, 0.3) is 5.91 Å². The Morgan fingerprint density at radius 2 is 2.13 bits per heavy atom. The number of anilines is 1. The van der Waals surface area contributed by atoms with Crippen LogP contribution in [0.5, 0.6) is 0 Å². The van der Waals surface area contributed by atoms with E-state index in [1.807, 2.05) is 16.4 Å². The van der Waals surface area contributed by atoms with Crippen LogP contribution in [0.1, 0.15) is 17.3 Å².